The smallest absolute Gasteiger partial charge is 0.255 e. The first-order chi connectivity index (χ1) is 11.6. The second kappa shape index (κ2) is 5.46. The van der Waals surface area contributed by atoms with Crippen molar-refractivity contribution in [3.05, 3.63) is 70.5 Å². The molecule has 1 aliphatic carbocycles. The van der Waals surface area contributed by atoms with Gasteiger partial charge in [-0.05, 0) is 36.6 Å². The minimum Gasteiger partial charge on any atom is -0.390 e. The van der Waals surface area contributed by atoms with Crippen LogP contribution in [0.25, 0.3) is 5.52 Å². The number of aryl methyl sites for hydroxylation is 2. The van der Waals surface area contributed by atoms with Crippen LogP contribution in [0.4, 0.5) is 0 Å². The number of pyridine rings is 1. The van der Waals surface area contributed by atoms with Crippen LogP contribution in [0.3, 0.4) is 0 Å². The van der Waals surface area contributed by atoms with Crippen molar-refractivity contribution in [1.82, 2.24) is 14.9 Å². The van der Waals surface area contributed by atoms with E-state index in [9.17, 15) is 9.90 Å². The normalized spacial score (nSPS) is 19.5. The summed E-state index contributed by atoms with van der Waals surface area (Å²) in [5.74, 6) is -0.214. The Morgan fingerprint density at radius 2 is 2.04 bits per heavy atom. The largest absolute Gasteiger partial charge is 0.390 e. The van der Waals surface area contributed by atoms with Gasteiger partial charge in [-0.25, -0.2) is 4.52 Å². The van der Waals surface area contributed by atoms with E-state index in [1.54, 1.807) is 10.7 Å². The Bertz CT molecular complexity index is 945. The summed E-state index contributed by atoms with van der Waals surface area (Å²) in [7, 11) is 0. The number of nitrogens with one attached hydrogen (secondary N) is 1. The Hall–Kier alpha value is -2.66. The van der Waals surface area contributed by atoms with Crippen LogP contribution in [0.2, 0.25) is 0 Å². The van der Waals surface area contributed by atoms with Crippen LogP contribution >= 0.6 is 0 Å². The molecule has 0 saturated heterocycles. The van der Waals surface area contributed by atoms with Gasteiger partial charge in [-0.2, -0.15) is 5.10 Å². The molecular formula is C19H19N3O2. The van der Waals surface area contributed by atoms with E-state index in [2.05, 4.69) is 10.4 Å². The van der Waals surface area contributed by atoms with Crippen LogP contribution in [-0.2, 0) is 6.42 Å². The number of rotatable bonds is 2. The summed E-state index contributed by atoms with van der Waals surface area (Å²) in [6.07, 6.45) is 1.55. The molecule has 4 rings (SSSR count). The lowest BCUT2D eigenvalue weighted by Crippen LogP contribution is -2.33. The summed E-state index contributed by atoms with van der Waals surface area (Å²) >= 11 is 0. The second-order valence-corrected chi connectivity index (χ2v) is 6.38. The quantitative estimate of drug-likeness (QED) is 0.761. The van der Waals surface area contributed by atoms with Gasteiger partial charge in [0, 0.05) is 12.1 Å². The summed E-state index contributed by atoms with van der Waals surface area (Å²) in [6.45, 7) is 4.00. The van der Waals surface area contributed by atoms with Gasteiger partial charge in [-0.15, -0.1) is 0 Å². The van der Waals surface area contributed by atoms with Crippen molar-refractivity contribution < 1.29 is 9.90 Å². The third-order valence-electron chi connectivity index (χ3n) is 4.92. The molecule has 1 amide bonds. The zero-order valence-corrected chi connectivity index (χ0v) is 13.7. The van der Waals surface area contributed by atoms with Crippen molar-refractivity contribution >= 4 is 11.4 Å². The fourth-order valence-corrected chi connectivity index (χ4v) is 3.42. The fraction of sp³-hybridized carbons (Fsp3) is 0.263. The fourth-order valence-electron chi connectivity index (χ4n) is 3.42. The molecule has 24 heavy (non-hydrogen) atoms. The van der Waals surface area contributed by atoms with Gasteiger partial charge in [-0.3, -0.25) is 4.79 Å². The van der Waals surface area contributed by atoms with E-state index in [4.69, 9.17) is 0 Å². The predicted octanol–water partition coefficient (Wildman–Crippen LogP) is 2.34. The highest BCUT2D eigenvalue weighted by molar-refractivity contribution is 6.01. The number of aliphatic hydroxyl groups is 1. The molecule has 5 heteroatoms. The van der Waals surface area contributed by atoms with Crippen LogP contribution < -0.4 is 5.32 Å². The Morgan fingerprint density at radius 3 is 2.88 bits per heavy atom. The molecule has 0 radical (unpaired) electrons. The zero-order valence-electron chi connectivity index (χ0n) is 13.7. The lowest BCUT2D eigenvalue weighted by molar-refractivity contribution is 0.0859. The summed E-state index contributed by atoms with van der Waals surface area (Å²) in [6, 6.07) is 11.3. The Morgan fingerprint density at radius 1 is 1.25 bits per heavy atom. The number of benzene rings is 1. The average molecular weight is 321 g/mol. The van der Waals surface area contributed by atoms with Crippen LogP contribution in [0.1, 0.15) is 38.8 Å². The second-order valence-electron chi connectivity index (χ2n) is 6.38. The van der Waals surface area contributed by atoms with E-state index in [0.717, 1.165) is 27.9 Å². The van der Waals surface area contributed by atoms with E-state index in [1.165, 1.54) is 0 Å². The molecule has 0 spiro atoms. The third kappa shape index (κ3) is 2.20. The van der Waals surface area contributed by atoms with Crippen LogP contribution in [-0.4, -0.2) is 26.7 Å². The zero-order chi connectivity index (χ0) is 16.8. The number of hydrogen-bond acceptors (Lipinski definition) is 3. The van der Waals surface area contributed by atoms with Gasteiger partial charge in [0.25, 0.3) is 5.91 Å². The Labute approximate surface area is 139 Å². The molecule has 0 saturated carbocycles. The number of amides is 1. The Balaban J connectivity index is 1.67. The van der Waals surface area contributed by atoms with E-state index in [1.807, 2.05) is 50.2 Å². The molecule has 0 bridgehead atoms. The molecule has 0 fully saturated rings. The number of hydrogen-bond donors (Lipinski definition) is 2. The summed E-state index contributed by atoms with van der Waals surface area (Å²) in [5, 5.41) is 17.6. The maximum atomic E-state index is 12.8. The highest BCUT2D eigenvalue weighted by Crippen LogP contribution is 2.31. The van der Waals surface area contributed by atoms with Crippen molar-refractivity contribution in [3.8, 4) is 0 Å². The molecule has 5 nitrogen and oxygen atoms in total. The first-order valence-electron chi connectivity index (χ1n) is 8.07. The van der Waals surface area contributed by atoms with E-state index in [0.29, 0.717) is 12.0 Å². The molecule has 2 heterocycles. The van der Waals surface area contributed by atoms with Crippen LogP contribution in [0, 0.1) is 13.8 Å². The van der Waals surface area contributed by atoms with Gasteiger partial charge in [-0.1, -0.05) is 30.3 Å². The number of carbonyl (C=O) groups excluding carboxylic acids is 1. The molecule has 3 aromatic rings. The van der Waals surface area contributed by atoms with E-state index >= 15 is 0 Å². The topological polar surface area (TPSA) is 66.6 Å². The minimum absolute atomic E-state index is 0.214. The number of nitrogens with zero attached hydrogens (tertiary/aromatic N) is 2. The van der Waals surface area contributed by atoms with Gasteiger partial charge in [0.2, 0.25) is 0 Å². The Kier molecular flexibility index (Phi) is 3.39. The number of aliphatic hydroxyl groups excluding tert-OH is 1. The number of fused-ring (bicyclic) bond motifs is 2. The lowest BCUT2D eigenvalue weighted by Gasteiger charge is -2.17. The van der Waals surface area contributed by atoms with Crippen LogP contribution in [0.15, 0.2) is 42.6 Å². The molecule has 0 aliphatic heterocycles. The van der Waals surface area contributed by atoms with Crippen molar-refractivity contribution in [2.75, 3.05) is 0 Å². The van der Waals surface area contributed by atoms with E-state index < -0.39 is 6.10 Å². The first-order valence-corrected chi connectivity index (χ1v) is 8.07. The molecule has 2 N–H and O–H groups in total. The molecule has 1 aromatic carbocycles. The monoisotopic (exact) mass is 321 g/mol. The molecule has 2 aromatic heterocycles. The van der Waals surface area contributed by atoms with Gasteiger partial charge in [0.05, 0.1) is 29.4 Å². The molecule has 122 valence electrons. The highest BCUT2D eigenvalue weighted by atomic mass is 16.3. The molecular weight excluding hydrogens is 302 g/mol. The van der Waals surface area contributed by atoms with Crippen molar-refractivity contribution in [2.24, 2.45) is 0 Å². The standard InChI is InChI=1S/C19H19N3O2/c1-11-7-8-16-15(10-20-22(16)12(11)2)19(24)21-18-14-6-4-3-5-13(14)9-17(18)23/h3-8,10,17-18,23H,9H2,1-2H3,(H,21,24)/t17-,18+/m1/s1. The van der Waals surface area contributed by atoms with Crippen molar-refractivity contribution in [1.29, 1.82) is 0 Å². The number of aromatic nitrogens is 2. The summed E-state index contributed by atoms with van der Waals surface area (Å²) in [5.41, 5.74) is 5.50. The van der Waals surface area contributed by atoms with Crippen molar-refractivity contribution in [3.63, 3.8) is 0 Å². The lowest BCUT2D eigenvalue weighted by atomic mass is 10.1. The van der Waals surface area contributed by atoms with Crippen molar-refractivity contribution in [2.45, 2.75) is 32.4 Å². The molecule has 1 aliphatic rings. The maximum Gasteiger partial charge on any atom is 0.255 e. The SMILES string of the molecule is Cc1ccc2c(C(=O)N[C@H]3c4ccccc4C[C@H]3O)cnn2c1C. The third-order valence-corrected chi connectivity index (χ3v) is 4.92. The minimum atomic E-state index is -0.600. The summed E-state index contributed by atoms with van der Waals surface area (Å²) in [4.78, 5) is 12.8. The highest BCUT2D eigenvalue weighted by Gasteiger charge is 2.32. The molecule has 2 atom stereocenters. The average Bonchev–Trinajstić information content (AvgIpc) is 3.13. The van der Waals surface area contributed by atoms with Gasteiger partial charge in [0.15, 0.2) is 0 Å². The predicted molar refractivity (Wildman–Crippen MR) is 91.0 cm³/mol. The maximum absolute atomic E-state index is 12.8. The summed E-state index contributed by atoms with van der Waals surface area (Å²) < 4.78 is 1.78. The number of carbonyl (C=O) groups is 1. The van der Waals surface area contributed by atoms with Crippen LogP contribution in [0.5, 0.6) is 0 Å². The van der Waals surface area contributed by atoms with Gasteiger partial charge >= 0.3 is 0 Å². The van der Waals surface area contributed by atoms with Gasteiger partial charge < -0.3 is 10.4 Å². The molecule has 0 unspecified atom stereocenters. The first kappa shape index (κ1) is 14.9. The van der Waals surface area contributed by atoms with Gasteiger partial charge in [0.1, 0.15) is 0 Å². The van der Waals surface area contributed by atoms with E-state index in [-0.39, 0.29) is 11.9 Å².